The lowest BCUT2D eigenvalue weighted by molar-refractivity contribution is 0.0737. The van der Waals surface area contributed by atoms with Gasteiger partial charge in [-0.2, -0.15) is 0 Å². The number of aryl methyl sites for hydroxylation is 3. The van der Waals surface area contributed by atoms with Gasteiger partial charge in [-0.3, -0.25) is 4.79 Å². The molecule has 2 heteroatoms. The maximum atomic E-state index is 12.6. The third kappa shape index (κ3) is 4.64. The molecular formula is C21H24O2. The molecule has 0 saturated heterocycles. The molecule has 0 heterocycles. The molecule has 0 aliphatic carbocycles. The largest absolute Gasteiger partial charge is 0.386 e. The van der Waals surface area contributed by atoms with E-state index in [1.807, 2.05) is 69.3 Å². The first-order chi connectivity index (χ1) is 10.8. The van der Waals surface area contributed by atoms with Crippen molar-refractivity contribution in [3.8, 4) is 0 Å². The van der Waals surface area contributed by atoms with E-state index in [0.717, 1.165) is 27.8 Å². The number of rotatable bonds is 5. The maximum absolute atomic E-state index is 12.6. The molecule has 1 unspecified atom stereocenters. The van der Waals surface area contributed by atoms with Crippen molar-refractivity contribution in [2.24, 2.45) is 0 Å². The minimum Gasteiger partial charge on any atom is -0.386 e. The van der Waals surface area contributed by atoms with Gasteiger partial charge in [0.15, 0.2) is 5.78 Å². The molecule has 0 saturated carbocycles. The number of carbonyl (C=O) groups excluding carboxylic acids is 1. The van der Waals surface area contributed by atoms with E-state index >= 15 is 0 Å². The van der Waals surface area contributed by atoms with Gasteiger partial charge < -0.3 is 5.11 Å². The second-order valence-corrected chi connectivity index (χ2v) is 6.47. The zero-order valence-electron chi connectivity index (χ0n) is 14.3. The van der Waals surface area contributed by atoms with Gasteiger partial charge in [-0.15, -0.1) is 0 Å². The third-order valence-corrected chi connectivity index (χ3v) is 3.91. The summed E-state index contributed by atoms with van der Waals surface area (Å²) in [5.74, 6) is -0.0253. The molecule has 0 amide bonds. The predicted octanol–water partition coefficient (Wildman–Crippen LogP) is 4.65. The molecule has 1 N–H and O–H groups in total. The fourth-order valence-electron chi connectivity index (χ4n) is 2.93. The van der Waals surface area contributed by atoms with E-state index in [1.54, 1.807) is 13.0 Å². The normalized spacial score (nSPS) is 14.0. The van der Waals surface area contributed by atoms with Crippen LogP contribution >= 0.6 is 0 Å². The number of benzene rings is 2. The lowest BCUT2D eigenvalue weighted by atomic mass is 9.89. The van der Waals surface area contributed by atoms with Crippen molar-refractivity contribution >= 4 is 11.9 Å². The van der Waals surface area contributed by atoms with E-state index in [4.69, 9.17) is 0 Å². The number of Topliss-reactive ketones (excluding diaryl/α,β-unsaturated/α-hetero) is 1. The summed E-state index contributed by atoms with van der Waals surface area (Å²) < 4.78 is 0. The van der Waals surface area contributed by atoms with Crippen molar-refractivity contribution in [2.45, 2.75) is 39.7 Å². The van der Waals surface area contributed by atoms with E-state index < -0.39 is 5.60 Å². The number of hydrogen-bond donors (Lipinski definition) is 1. The lowest BCUT2D eigenvalue weighted by Gasteiger charge is -2.19. The topological polar surface area (TPSA) is 37.3 Å². The average Bonchev–Trinajstić information content (AvgIpc) is 2.44. The first-order valence-electron chi connectivity index (χ1n) is 7.86. The molecule has 2 nitrogen and oxygen atoms in total. The maximum Gasteiger partial charge on any atom is 0.166 e. The molecule has 1 atom stereocenters. The van der Waals surface area contributed by atoms with E-state index in [9.17, 15) is 9.90 Å². The lowest BCUT2D eigenvalue weighted by Crippen LogP contribution is -2.26. The molecule has 2 aromatic carbocycles. The van der Waals surface area contributed by atoms with E-state index in [-0.39, 0.29) is 12.2 Å². The van der Waals surface area contributed by atoms with Crippen LogP contribution in [0.1, 0.15) is 46.0 Å². The smallest absolute Gasteiger partial charge is 0.166 e. The van der Waals surface area contributed by atoms with Crippen LogP contribution in [0.25, 0.3) is 6.08 Å². The van der Waals surface area contributed by atoms with Crippen LogP contribution in [0.15, 0.2) is 48.5 Å². The van der Waals surface area contributed by atoms with Gasteiger partial charge >= 0.3 is 0 Å². The molecule has 0 aliphatic rings. The summed E-state index contributed by atoms with van der Waals surface area (Å²) in [5.41, 5.74) is 3.64. The van der Waals surface area contributed by atoms with Crippen LogP contribution in [-0.4, -0.2) is 16.5 Å². The van der Waals surface area contributed by atoms with Crippen molar-refractivity contribution < 1.29 is 9.90 Å². The fraction of sp³-hybridized carbons (Fsp3) is 0.286. The minimum absolute atomic E-state index is 0.0253. The summed E-state index contributed by atoms with van der Waals surface area (Å²) in [4.78, 5) is 12.6. The molecule has 23 heavy (non-hydrogen) atoms. The van der Waals surface area contributed by atoms with Crippen LogP contribution in [0.4, 0.5) is 0 Å². The highest BCUT2D eigenvalue weighted by Gasteiger charge is 2.24. The SMILES string of the molecule is Cc1cc(C)c(C(=O)CC(C)(O)/C=C/c2ccccc2)c(C)c1. The predicted molar refractivity (Wildman–Crippen MR) is 95.7 cm³/mol. The van der Waals surface area contributed by atoms with Crippen LogP contribution in [0.2, 0.25) is 0 Å². The second kappa shape index (κ2) is 6.93. The van der Waals surface area contributed by atoms with Crippen LogP contribution in [0.5, 0.6) is 0 Å². The fourth-order valence-corrected chi connectivity index (χ4v) is 2.93. The van der Waals surface area contributed by atoms with Crippen molar-refractivity contribution in [1.82, 2.24) is 0 Å². The summed E-state index contributed by atoms with van der Waals surface area (Å²) in [6.07, 6.45) is 3.61. The summed E-state index contributed by atoms with van der Waals surface area (Å²) in [7, 11) is 0. The van der Waals surface area contributed by atoms with Crippen LogP contribution < -0.4 is 0 Å². The number of hydrogen-bond acceptors (Lipinski definition) is 2. The van der Waals surface area contributed by atoms with Crippen molar-refractivity contribution in [3.05, 3.63) is 76.4 Å². The summed E-state index contributed by atoms with van der Waals surface area (Å²) in [6.45, 7) is 7.58. The molecule has 0 aromatic heterocycles. The Hall–Kier alpha value is -2.19. The highest BCUT2D eigenvalue weighted by atomic mass is 16.3. The zero-order chi connectivity index (χ0) is 17.0. The highest BCUT2D eigenvalue weighted by Crippen LogP contribution is 2.23. The second-order valence-electron chi connectivity index (χ2n) is 6.47. The molecule has 0 aliphatic heterocycles. The number of aliphatic hydroxyl groups is 1. The van der Waals surface area contributed by atoms with Crippen LogP contribution in [0.3, 0.4) is 0 Å². The number of ketones is 1. The highest BCUT2D eigenvalue weighted by molar-refractivity contribution is 5.99. The molecule has 120 valence electrons. The molecule has 0 spiro atoms. The van der Waals surface area contributed by atoms with Crippen molar-refractivity contribution in [3.63, 3.8) is 0 Å². The monoisotopic (exact) mass is 308 g/mol. The van der Waals surface area contributed by atoms with E-state index in [2.05, 4.69) is 0 Å². The molecule has 0 radical (unpaired) electrons. The van der Waals surface area contributed by atoms with Gasteiger partial charge in [0.1, 0.15) is 0 Å². The summed E-state index contributed by atoms with van der Waals surface area (Å²) >= 11 is 0. The van der Waals surface area contributed by atoms with Crippen LogP contribution in [-0.2, 0) is 0 Å². The summed E-state index contributed by atoms with van der Waals surface area (Å²) in [6, 6.07) is 13.8. The van der Waals surface area contributed by atoms with Crippen molar-refractivity contribution in [1.29, 1.82) is 0 Å². The number of carbonyl (C=O) groups is 1. The first kappa shape index (κ1) is 17.2. The Bertz CT molecular complexity index is 702. The Morgan fingerprint density at radius 1 is 1.09 bits per heavy atom. The molecule has 2 rings (SSSR count). The Balaban J connectivity index is 2.17. The van der Waals surface area contributed by atoms with Crippen LogP contribution in [0, 0.1) is 20.8 Å². The Morgan fingerprint density at radius 3 is 2.22 bits per heavy atom. The zero-order valence-corrected chi connectivity index (χ0v) is 14.3. The third-order valence-electron chi connectivity index (χ3n) is 3.91. The Morgan fingerprint density at radius 2 is 1.65 bits per heavy atom. The standard InChI is InChI=1S/C21H24O2/c1-15-12-16(2)20(17(3)13-15)19(22)14-21(4,23)11-10-18-8-6-5-7-9-18/h5-13,23H,14H2,1-4H3/b11-10+. The Kier molecular flexibility index (Phi) is 5.17. The van der Waals surface area contributed by atoms with Gasteiger partial charge in [0.25, 0.3) is 0 Å². The van der Waals surface area contributed by atoms with E-state index in [0.29, 0.717) is 0 Å². The molecule has 0 fully saturated rings. The Labute approximate surface area is 138 Å². The van der Waals surface area contributed by atoms with Gasteiger partial charge in [-0.1, -0.05) is 60.2 Å². The summed E-state index contributed by atoms with van der Waals surface area (Å²) in [5, 5.41) is 10.5. The quantitative estimate of drug-likeness (QED) is 0.816. The average molecular weight is 308 g/mol. The molecule has 2 aromatic rings. The molecule has 0 bridgehead atoms. The van der Waals surface area contributed by atoms with Gasteiger partial charge in [-0.25, -0.2) is 0 Å². The molecular weight excluding hydrogens is 284 g/mol. The minimum atomic E-state index is -1.17. The first-order valence-corrected chi connectivity index (χ1v) is 7.86. The van der Waals surface area contributed by atoms with Crippen molar-refractivity contribution in [2.75, 3.05) is 0 Å². The van der Waals surface area contributed by atoms with Gasteiger partial charge in [-0.05, 0) is 44.4 Å². The van der Waals surface area contributed by atoms with E-state index in [1.165, 1.54) is 0 Å². The van der Waals surface area contributed by atoms with Gasteiger partial charge in [0, 0.05) is 12.0 Å². The van der Waals surface area contributed by atoms with Gasteiger partial charge in [0.05, 0.1) is 5.60 Å². The van der Waals surface area contributed by atoms with Gasteiger partial charge in [0.2, 0.25) is 0 Å².